The Hall–Kier alpha value is -1.14. The Morgan fingerprint density at radius 2 is 1.62 bits per heavy atom. The summed E-state index contributed by atoms with van der Waals surface area (Å²) in [6.07, 6.45) is 3.50. The number of hydrogen-bond acceptors (Lipinski definition) is 4. The van der Waals surface area contributed by atoms with Gasteiger partial charge in [0.2, 0.25) is 5.91 Å². The van der Waals surface area contributed by atoms with E-state index in [1.807, 2.05) is 11.9 Å². The number of aliphatic carboxylic acids is 1. The zero-order valence-electron chi connectivity index (χ0n) is 13.0. The van der Waals surface area contributed by atoms with Gasteiger partial charge in [0.1, 0.15) is 0 Å². The number of carboxylic acid groups (broad SMARTS) is 1. The number of rotatable bonds is 5. The minimum Gasteiger partial charge on any atom is -0.481 e. The maximum atomic E-state index is 12.6. The summed E-state index contributed by atoms with van der Waals surface area (Å²) in [6.45, 7) is 5.75. The molecule has 2 rings (SSSR count). The van der Waals surface area contributed by atoms with Crippen molar-refractivity contribution in [3.05, 3.63) is 0 Å². The van der Waals surface area contributed by atoms with Crippen molar-refractivity contribution in [3.8, 4) is 0 Å². The van der Waals surface area contributed by atoms with Gasteiger partial charge in [-0.25, -0.2) is 0 Å². The number of carbonyl (C=O) groups is 2. The zero-order chi connectivity index (χ0) is 15.2. The lowest BCUT2D eigenvalue weighted by Crippen LogP contribution is -2.51. The van der Waals surface area contributed by atoms with Crippen molar-refractivity contribution >= 4 is 11.9 Å². The van der Waals surface area contributed by atoms with Crippen LogP contribution in [-0.4, -0.2) is 84.5 Å². The van der Waals surface area contributed by atoms with Crippen molar-refractivity contribution in [1.82, 2.24) is 14.7 Å². The number of piperidine rings is 1. The van der Waals surface area contributed by atoms with Gasteiger partial charge in [0.25, 0.3) is 0 Å². The van der Waals surface area contributed by atoms with Gasteiger partial charge in [0.05, 0.1) is 12.3 Å². The number of nitrogens with zero attached hydrogens (tertiary/aromatic N) is 3. The van der Waals surface area contributed by atoms with Crippen molar-refractivity contribution in [2.24, 2.45) is 5.92 Å². The van der Waals surface area contributed by atoms with Gasteiger partial charge in [0, 0.05) is 32.7 Å². The Bertz CT molecular complexity index is 361. The Kier molecular flexibility index (Phi) is 5.99. The van der Waals surface area contributed by atoms with E-state index >= 15 is 0 Å². The molecule has 1 amide bonds. The average Bonchev–Trinajstić information content (AvgIpc) is 2.47. The van der Waals surface area contributed by atoms with E-state index < -0.39 is 11.9 Å². The largest absolute Gasteiger partial charge is 0.481 e. The van der Waals surface area contributed by atoms with E-state index in [2.05, 4.69) is 9.80 Å². The van der Waals surface area contributed by atoms with Gasteiger partial charge in [-0.15, -0.1) is 0 Å². The van der Waals surface area contributed by atoms with E-state index in [0.29, 0.717) is 19.6 Å². The lowest BCUT2D eigenvalue weighted by molar-refractivity contribution is -0.146. The summed E-state index contributed by atoms with van der Waals surface area (Å²) in [5, 5.41) is 9.11. The fourth-order valence-electron chi connectivity index (χ4n) is 3.18. The van der Waals surface area contributed by atoms with Gasteiger partial charge in [-0.05, 0) is 33.0 Å². The van der Waals surface area contributed by atoms with Gasteiger partial charge in [-0.1, -0.05) is 6.42 Å². The molecule has 2 heterocycles. The molecule has 2 saturated heterocycles. The minimum atomic E-state index is -0.875. The van der Waals surface area contributed by atoms with Gasteiger partial charge in [-0.3, -0.25) is 9.59 Å². The first-order valence-corrected chi connectivity index (χ1v) is 7.97. The number of likely N-dealkylation sites (N-methyl/N-ethyl adjacent to an activating group) is 1. The molecule has 6 heteroatoms. The summed E-state index contributed by atoms with van der Waals surface area (Å²) in [4.78, 5) is 30.0. The maximum Gasteiger partial charge on any atom is 0.304 e. The van der Waals surface area contributed by atoms with E-state index in [1.165, 1.54) is 6.42 Å². The monoisotopic (exact) mass is 297 g/mol. The molecule has 1 unspecified atom stereocenters. The van der Waals surface area contributed by atoms with E-state index in [9.17, 15) is 9.59 Å². The van der Waals surface area contributed by atoms with Crippen LogP contribution in [-0.2, 0) is 9.59 Å². The molecule has 0 bridgehead atoms. The molecule has 21 heavy (non-hydrogen) atoms. The highest BCUT2D eigenvalue weighted by Gasteiger charge is 2.30. The van der Waals surface area contributed by atoms with Crippen molar-refractivity contribution in [1.29, 1.82) is 0 Å². The molecule has 0 saturated carbocycles. The van der Waals surface area contributed by atoms with Crippen LogP contribution in [0.5, 0.6) is 0 Å². The third-order valence-corrected chi connectivity index (χ3v) is 4.51. The van der Waals surface area contributed by atoms with Crippen LogP contribution in [0.1, 0.15) is 25.7 Å². The molecule has 120 valence electrons. The Morgan fingerprint density at radius 3 is 2.19 bits per heavy atom. The minimum absolute atomic E-state index is 0.0241. The number of amides is 1. The van der Waals surface area contributed by atoms with E-state index in [-0.39, 0.29) is 12.3 Å². The smallest absolute Gasteiger partial charge is 0.304 e. The molecule has 2 aliphatic heterocycles. The standard InChI is InChI=1S/C15H27N3O3/c1-16-7-9-18(10-8-16)15(21)13(11-14(19)20)12-17-5-3-2-4-6-17/h13H,2-12H2,1H3,(H,19,20). The summed E-state index contributed by atoms with van der Waals surface area (Å²) < 4.78 is 0. The summed E-state index contributed by atoms with van der Waals surface area (Å²) >= 11 is 0. The highest BCUT2D eigenvalue weighted by Crippen LogP contribution is 2.16. The second kappa shape index (κ2) is 7.75. The van der Waals surface area contributed by atoms with Crippen LogP contribution in [0.25, 0.3) is 0 Å². The van der Waals surface area contributed by atoms with E-state index in [4.69, 9.17) is 5.11 Å². The lowest BCUT2D eigenvalue weighted by atomic mass is 10.0. The topological polar surface area (TPSA) is 64.1 Å². The molecule has 2 fully saturated rings. The fraction of sp³-hybridized carbons (Fsp3) is 0.867. The fourth-order valence-corrected chi connectivity index (χ4v) is 3.18. The summed E-state index contributed by atoms with van der Waals surface area (Å²) in [5.41, 5.74) is 0. The highest BCUT2D eigenvalue weighted by atomic mass is 16.4. The average molecular weight is 297 g/mol. The van der Waals surface area contributed by atoms with Crippen LogP contribution in [0.3, 0.4) is 0 Å². The second-order valence-corrected chi connectivity index (χ2v) is 6.28. The van der Waals surface area contributed by atoms with Crippen molar-refractivity contribution in [2.75, 3.05) is 52.9 Å². The first-order valence-electron chi connectivity index (χ1n) is 7.97. The van der Waals surface area contributed by atoms with Crippen molar-refractivity contribution < 1.29 is 14.7 Å². The Balaban J connectivity index is 1.93. The zero-order valence-corrected chi connectivity index (χ0v) is 13.0. The van der Waals surface area contributed by atoms with Gasteiger partial charge < -0.3 is 19.8 Å². The van der Waals surface area contributed by atoms with Crippen LogP contribution in [0.2, 0.25) is 0 Å². The Morgan fingerprint density at radius 1 is 1.00 bits per heavy atom. The predicted octanol–water partition coefficient (Wildman–Crippen LogP) is 0.337. The summed E-state index contributed by atoms with van der Waals surface area (Å²) in [6, 6.07) is 0. The molecule has 0 radical (unpaired) electrons. The van der Waals surface area contributed by atoms with E-state index in [1.54, 1.807) is 0 Å². The van der Waals surface area contributed by atoms with Crippen molar-refractivity contribution in [2.45, 2.75) is 25.7 Å². The molecule has 0 aromatic rings. The molecule has 6 nitrogen and oxygen atoms in total. The number of likely N-dealkylation sites (tertiary alicyclic amines) is 1. The molecule has 1 N–H and O–H groups in total. The second-order valence-electron chi connectivity index (χ2n) is 6.28. The number of piperazine rings is 1. The lowest BCUT2D eigenvalue weighted by Gasteiger charge is -2.36. The predicted molar refractivity (Wildman–Crippen MR) is 80.1 cm³/mol. The molecular weight excluding hydrogens is 270 g/mol. The van der Waals surface area contributed by atoms with Gasteiger partial charge in [0.15, 0.2) is 0 Å². The van der Waals surface area contributed by atoms with Gasteiger partial charge in [-0.2, -0.15) is 0 Å². The third-order valence-electron chi connectivity index (χ3n) is 4.51. The van der Waals surface area contributed by atoms with Crippen LogP contribution in [0.15, 0.2) is 0 Å². The Labute approximate surface area is 126 Å². The van der Waals surface area contributed by atoms with Crippen molar-refractivity contribution in [3.63, 3.8) is 0 Å². The normalized spacial score (nSPS) is 23.0. The molecule has 0 spiro atoms. The van der Waals surface area contributed by atoms with Crippen LogP contribution in [0, 0.1) is 5.92 Å². The highest BCUT2D eigenvalue weighted by molar-refractivity contribution is 5.83. The molecule has 1 atom stereocenters. The maximum absolute atomic E-state index is 12.6. The summed E-state index contributed by atoms with van der Waals surface area (Å²) in [5.74, 6) is -1.25. The molecular formula is C15H27N3O3. The first kappa shape index (κ1) is 16.2. The molecule has 0 aliphatic carbocycles. The SMILES string of the molecule is CN1CCN(C(=O)C(CC(=O)O)CN2CCCCC2)CC1. The molecule has 0 aromatic heterocycles. The van der Waals surface area contributed by atoms with Crippen LogP contribution >= 0.6 is 0 Å². The molecule has 2 aliphatic rings. The quantitative estimate of drug-likeness (QED) is 0.792. The van der Waals surface area contributed by atoms with Crippen LogP contribution < -0.4 is 0 Å². The summed E-state index contributed by atoms with van der Waals surface area (Å²) in [7, 11) is 2.05. The molecule has 0 aromatic carbocycles. The number of carboxylic acids is 1. The van der Waals surface area contributed by atoms with Gasteiger partial charge >= 0.3 is 5.97 Å². The van der Waals surface area contributed by atoms with Crippen LogP contribution in [0.4, 0.5) is 0 Å². The first-order chi connectivity index (χ1) is 10.1. The number of hydrogen-bond donors (Lipinski definition) is 1. The third kappa shape index (κ3) is 4.97. The van der Waals surface area contributed by atoms with E-state index in [0.717, 1.165) is 39.0 Å². The number of carbonyl (C=O) groups excluding carboxylic acids is 1.